The van der Waals surface area contributed by atoms with Crippen molar-refractivity contribution < 1.29 is 9.53 Å². The molecule has 1 saturated heterocycles. The van der Waals surface area contributed by atoms with Crippen LogP contribution in [-0.4, -0.2) is 53.6 Å². The molecule has 124 valence electrons. The van der Waals surface area contributed by atoms with Crippen molar-refractivity contribution in [2.45, 2.75) is 45.8 Å². The summed E-state index contributed by atoms with van der Waals surface area (Å²) in [4.78, 5) is 18.6. The van der Waals surface area contributed by atoms with Gasteiger partial charge in [-0.05, 0) is 32.9 Å². The van der Waals surface area contributed by atoms with Gasteiger partial charge in [0.15, 0.2) is 0 Å². The predicted molar refractivity (Wildman–Crippen MR) is 85.6 cm³/mol. The quantitative estimate of drug-likeness (QED) is 0.825. The second kappa shape index (κ2) is 8.90. The first-order chi connectivity index (χ1) is 10.7. The number of methoxy groups -OCH3 is 1. The van der Waals surface area contributed by atoms with Gasteiger partial charge in [0.1, 0.15) is 12.4 Å². The van der Waals surface area contributed by atoms with E-state index in [0.717, 1.165) is 31.2 Å². The largest absolute Gasteiger partial charge is 0.377 e. The summed E-state index contributed by atoms with van der Waals surface area (Å²) in [6, 6.07) is 0. The Hall–Kier alpha value is -1.40. The van der Waals surface area contributed by atoms with E-state index in [1.54, 1.807) is 7.11 Å². The number of hydrogen-bond acceptors (Lipinski definition) is 4. The van der Waals surface area contributed by atoms with Crippen LogP contribution in [0.15, 0.2) is 6.20 Å². The third-order valence-corrected chi connectivity index (χ3v) is 4.13. The Morgan fingerprint density at radius 1 is 1.32 bits per heavy atom. The number of carbonyl (C=O) groups is 1. The number of aryl methyl sites for hydroxylation is 1. The van der Waals surface area contributed by atoms with E-state index in [4.69, 9.17) is 4.74 Å². The van der Waals surface area contributed by atoms with Crippen LogP contribution in [0.3, 0.4) is 0 Å². The van der Waals surface area contributed by atoms with Crippen LogP contribution in [-0.2, 0) is 22.7 Å². The summed E-state index contributed by atoms with van der Waals surface area (Å²) in [6.07, 6.45) is 6.85. The van der Waals surface area contributed by atoms with Crippen molar-refractivity contribution >= 4 is 5.91 Å². The highest BCUT2D eigenvalue weighted by molar-refractivity contribution is 5.77. The maximum absolute atomic E-state index is 12.0. The van der Waals surface area contributed by atoms with E-state index >= 15 is 0 Å². The monoisotopic (exact) mass is 308 g/mol. The molecule has 1 N–H and O–H groups in total. The number of aromatic nitrogens is 2. The zero-order chi connectivity index (χ0) is 15.8. The van der Waals surface area contributed by atoms with Crippen molar-refractivity contribution in [2.75, 3.05) is 33.3 Å². The second-order valence-electron chi connectivity index (χ2n) is 5.94. The molecular weight excluding hydrogens is 280 g/mol. The molecule has 2 heterocycles. The van der Waals surface area contributed by atoms with E-state index in [9.17, 15) is 4.79 Å². The van der Waals surface area contributed by atoms with Crippen LogP contribution in [0, 0.1) is 6.92 Å². The Morgan fingerprint density at radius 3 is 2.73 bits per heavy atom. The number of rotatable bonds is 7. The second-order valence-corrected chi connectivity index (χ2v) is 5.94. The van der Waals surface area contributed by atoms with Gasteiger partial charge in [-0.3, -0.25) is 9.69 Å². The summed E-state index contributed by atoms with van der Waals surface area (Å²) in [5, 5.41) is 3.02. The summed E-state index contributed by atoms with van der Waals surface area (Å²) in [5.41, 5.74) is 1.09. The lowest BCUT2D eigenvalue weighted by Gasteiger charge is -2.19. The van der Waals surface area contributed by atoms with Crippen LogP contribution in [0.5, 0.6) is 0 Å². The number of ether oxygens (including phenoxy) is 1. The highest BCUT2D eigenvalue weighted by Gasteiger charge is 2.13. The molecule has 0 saturated carbocycles. The molecule has 1 aromatic heterocycles. The molecule has 0 aliphatic carbocycles. The van der Waals surface area contributed by atoms with E-state index in [-0.39, 0.29) is 5.91 Å². The lowest BCUT2D eigenvalue weighted by atomic mass is 10.2. The Kier molecular flexibility index (Phi) is 6.86. The maximum Gasteiger partial charge on any atom is 0.234 e. The average Bonchev–Trinajstić information content (AvgIpc) is 2.70. The van der Waals surface area contributed by atoms with Gasteiger partial charge in [-0.15, -0.1) is 0 Å². The minimum Gasteiger partial charge on any atom is -0.377 e. The van der Waals surface area contributed by atoms with Gasteiger partial charge < -0.3 is 14.6 Å². The maximum atomic E-state index is 12.0. The van der Waals surface area contributed by atoms with Gasteiger partial charge in [-0.1, -0.05) is 12.8 Å². The molecule has 2 rings (SSSR count). The van der Waals surface area contributed by atoms with E-state index in [1.807, 2.05) is 13.1 Å². The first kappa shape index (κ1) is 17.0. The summed E-state index contributed by atoms with van der Waals surface area (Å²) in [5.74, 6) is 1.02. The van der Waals surface area contributed by atoms with Crippen LogP contribution in [0.25, 0.3) is 0 Å². The fourth-order valence-electron chi connectivity index (χ4n) is 2.92. The number of likely N-dealkylation sites (tertiary alicyclic amines) is 1. The summed E-state index contributed by atoms with van der Waals surface area (Å²) in [6.45, 7) is 6.49. The molecule has 6 heteroatoms. The fourth-order valence-corrected chi connectivity index (χ4v) is 2.92. The van der Waals surface area contributed by atoms with Crippen molar-refractivity contribution in [1.82, 2.24) is 19.8 Å². The van der Waals surface area contributed by atoms with Crippen molar-refractivity contribution in [2.24, 2.45) is 0 Å². The predicted octanol–water partition coefficient (Wildman–Crippen LogP) is 1.33. The summed E-state index contributed by atoms with van der Waals surface area (Å²) in [7, 11) is 1.66. The number of imidazole rings is 1. The van der Waals surface area contributed by atoms with Crippen LogP contribution in [0.2, 0.25) is 0 Å². The van der Waals surface area contributed by atoms with E-state index in [2.05, 4.69) is 19.8 Å². The lowest BCUT2D eigenvalue weighted by Crippen LogP contribution is -2.39. The first-order valence-electron chi connectivity index (χ1n) is 8.19. The Bertz CT molecular complexity index is 465. The third-order valence-electron chi connectivity index (χ3n) is 4.13. The Labute approximate surface area is 132 Å². The molecule has 0 spiro atoms. The lowest BCUT2D eigenvalue weighted by molar-refractivity contribution is -0.122. The van der Waals surface area contributed by atoms with Crippen LogP contribution < -0.4 is 5.32 Å². The standard InChI is InChI=1S/C16H28N4O2/c1-14-11-18-15(13-22-2)20(14)10-7-17-16(21)12-19-8-5-3-4-6-9-19/h11H,3-10,12-13H2,1-2H3,(H,17,21). The number of nitrogens with zero attached hydrogens (tertiary/aromatic N) is 3. The molecule has 0 radical (unpaired) electrons. The van der Waals surface area contributed by atoms with Gasteiger partial charge in [0.25, 0.3) is 0 Å². The molecule has 1 amide bonds. The van der Waals surface area contributed by atoms with Gasteiger partial charge in [0, 0.05) is 32.1 Å². The molecule has 0 bridgehead atoms. The molecule has 1 aromatic rings. The molecular formula is C16H28N4O2. The van der Waals surface area contributed by atoms with Crippen LogP contribution >= 0.6 is 0 Å². The van der Waals surface area contributed by atoms with E-state index < -0.39 is 0 Å². The zero-order valence-electron chi connectivity index (χ0n) is 13.8. The van der Waals surface area contributed by atoms with Crippen molar-refractivity contribution in [3.05, 3.63) is 17.7 Å². The fraction of sp³-hybridized carbons (Fsp3) is 0.750. The number of hydrogen-bond donors (Lipinski definition) is 1. The minimum atomic E-state index is 0.118. The highest BCUT2D eigenvalue weighted by atomic mass is 16.5. The molecule has 0 aromatic carbocycles. The average molecular weight is 308 g/mol. The van der Waals surface area contributed by atoms with Crippen molar-refractivity contribution in [1.29, 1.82) is 0 Å². The molecule has 6 nitrogen and oxygen atoms in total. The molecule has 1 aliphatic heterocycles. The molecule has 0 atom stereocenters. The van der Waals surface area contributed by atoms with Crippen molar-refractivity contribution in [3.8, 4) is 0 Å². The Balaban J connectivity index is 1.73. The first-order valence-corrected chi connectivity index (χ1v) is 8.19. The van der Waals surface area contributed by atoms with Gasteiger partial charge in [0.05, 0.1) is 6.54 Å². The van der Waals surface area contributed by atoms with E-state index in [0.29, 0.717) is 19.7 Å². The van der Waals surface area contributed by atoms with Gasteiger partial charge in [-0.25, -0.2) is 4.98 Å². The van der Waals surface area contributed by atoms with Crippen LogP contribution in [0.4, 0.5) is 0 Å². The Morgan fingerprint density at radius 2 is 2.05 bits per heavy atom. The molecule has 0 unspecified atom stereocenters. The SMILES string of the molecule is COCc1ncc(C)n1CCNC(=O)CN1CCCCCC1. The minimum absolute atomic E-state index is 0.118. The molecule has 22 heavy (non-hydrogen) atoms. The van der Waals surface area contributed by atoms with Gasteiger partial charge in [0.2, 0.25) is 5.91 Å². The van der Waals surface area contributed by atoms with Crippen LogP contribution in [0.1, 0.15) is 37.2 Å². The van der Waals surface area contributed by atoms with E-state index in [1.165, 1.54) is 25.7 Å². The zero-order valence-corrected chi connectivity index (χ0v) is 13.8. The van der Waals surface area contributed by atoms with Gasteiger partial charge >= 0.3 is 0 Å². The normalized spacial score (nSPS) is 16.5. The third kappa shape index (κ3) is 5.10. The number of nitrogens with one attached hydrogen (secondary N) is 1. The highest BCUT2D eigenvalue weighted by Crippen LogP contribution is 2.09. The number of amides is 1. The summed E-state index contributed by atoms with van der Waals surface area (Å²) < 4.78 is 7.24. The summed E-state index contributed by atoms with van der Waals surface area (Å²) >= 11 is 0. The van der Waals surface area contributed by atoms with Crippen molar-refractivity contribution in [3.63, 3.8) is 0 Å². The smallest absolute Gasteiger partial charge is 0.234 e. The topological polar surface area (TPSA) is 59.4 Å². The molecule has 1 fully saturated rings. The van der Waals surface area contributed by atoms with Gasteiger partial charge in [-0.2, -0.15) is 0 Å². The number of carbonyl (C=O) groups excluding carboxylic acids is 1. The molecule has 1 aliphatic rings.